The quantitative estimate of drug-likeness (QED) is 0.556. The Labute approximate surface area is 188 Å². The van der Waals surface area contributed by atoms with Crippen molar-refractivity contribution in [2.75, 3.05) is 12.9 Å². The first-order valence-corrected chi connectivity index (χ1v) is 11.5. The summed E-state index contributed by atoms with van der Waals surface area (Å²) in [6, 6.07) is 13.4. The van der Waals surface area contributed by atoms with Crippen molar-refractivity contribution in [1.82, 2.24) is 10.2 Å². The molecule has 5 nitrogen and oxygen atoms in total. The van der Waals surface area contributed by atoms with Crippen molar-refractivity contribution in [2.24, 2.45) is 0 Å². The summed E-state index contributed by atoms with van der Waals surface area (Å²) in [4.78, 5) is 27.4. The number of halogens is 1. The maximum absolute atomic E-state index is 13.8. The predicted molar refractivity (Wildman–Crippen MR) is 123 cm³/mol. The Morgan fingerprint density at radius 2 is 1.90 bits per heavy atom. The van der Waals surface area contributed by atoms with Gasteiger partial charge in [-0.15, -0.1) is 11.8 Å². The Bertz CT molecular complexity index is 877. The number of ether oxygens (including phenoxy) is 1. The molecule has 7 heteroatoms. The highest BCUT2D eigenvalue weighted by atomic mass is 32.2. The van der Waals surface area contributed by atoms with Crippen LogP contribution >= 0.6 is 11.8 Å². The molecule has 2 atom stereocenters. The van der Waals surface area contributed by atoms with E-state index in [2.05, 4.69) is 5.32 Å². The van der Waals surface area contributed by atoms with Crippen LogP contribution in [-0.4, -0.2) is 41.7 Å². The number of hydrogen-bond acceptors (Lipinski definition) is 4. The molecule has 2 amide bonds. The molecule has 0 saturated carbocycles. The van der Waals surface area contributed by atoms with Crippen molar-refractivity contribution in [3.8, 4) is 5.75 Å². The third kappa shape index (κ3) is 7.58. The van der Waals surface area contributed by atoms with E-state index in [4.69, 9.17) is 4.74 Å². The number of hydrogen-bond donors (Lipinski definition) is 1. The van der Waals surface area contributed by atoms with Gasteiger partial charge in [0.15, 0.2) is 0 Å². The average Bonchev–Trinajstić information content (AvgIpc) is 2.78. The fourth-order valence-electron chi connectivity index (χ4n) is 2.96. The molecule has 0 aromatic heterocycles. The molecule has 0 aliphatic rings. The maximum atomic E-state index is 13.8. The Balaban J connectivity index is 2.11. The molecule has 0 aliphatic carbocycles. The van der Waals surface area contributed by atoms with Crippen LogP contribution in [0.5, 0.6) is 5.75 Å². The highest BCUT2D eigenvalue weighted by Gasteiger charge is 2.26. The van der Waals surface area contributed by atoms with Gasteiger partial charge in [0.05, 0.1) is 12.9 Å². The van der Waals surface area contributed by atoms with Gasteiger partial charge in [-0.05, 0) is 49.6 Å². The van der Waals surface area contributed by atoms with Crippen molar-refractivity contribution in [2.45, 2.75) is 51.6 Å². The standard InChI is InChI=1S/C24H31FN2O3S/c1-5-17(2)26-24(29)18(3)27(14-19-9-8-11-21(13-19)30-4)23(28)16-31-15-20-10-6-7-12-22(20)25/h6-13,17-18H,5,14-16H2,1-4H3,(H,26,29). The van der Waals surface area contributed by atoms with Crippen molar-refractivity contribution < 1.29 is 18.7 Å². The second-order valence-electron chi connectivity index (χ2n) is 7.45. The second kappa shape index (κ2) is 12.3. The third-order valence-electron chi connectivity index (χ3n) is 5.10. The normalized spacial score (nSPS) is 12.7. The van der Waals surface area contributed by atoms with Gasteiger partial charge in [-0.2, -0.15) is 0 Å². The van der Waals surface area contributed by atoms with E-state index >= 15 is 0 Å². The summed E-state index contributed by atoms with van der Waals surface area (Å²) in [7, 11) is 1.59. The number of benzene rings is 2. The van der Waals surface area contributed by atoms with Crippen molar-refractivity contribution >= 4 is 23.6 Å². The monoisotopic (exact) mass is 446 g/mol. The zero-order valence-electron chi connectivity index (χ0n) is 18.6. The number of nitrogens with one attached hydrogen (secondary N) is 1. The Hall–Kier alpha value is -2.54. The molecule has 2 aromatic carbocycles. The van der Waals surface area contributed by atoms with Gasteiger partial charge in [0, 0.05) is 18.3 Å². The van der Waals surface area contributed by atoms with Crippen molar-refractivity contribution in [1.29, 1.82) is 0 Å². The molecule has 31 heavy (non-hydrogen) atoms. The van der Waals surface area contributed by atoms with Crippen molar-refractivity contribution in [3.05, 3.63) is 65.5 Å². The lowest BCUT2D eigenvalue weighted by Gasteiger charge is -2.29. The van der Waals surface area contributed by atoms with Crippen LogP contribution in [0, 0.1) is 5.82 Å². The SMILES string of the molecule is CCC(C)NC(=O)C(C)N(Cc1cccc(OC)c1)C(=O)CSCc1ccccc1F. The summed E-state index contributed by atoms with van der Waals surface area (Å²) in [6.45, 7) is 5.94. The highest BCUT2D eigenvalue weighted by molar-refractivity contribution is 7.99. The molecule has 0 aliphatic heterocycles. The van der Waals surface area contributed by atoms with Gasteiger partial charge in [0.2, 0.25) is 11.8 Å². The van der Waals surface area contributed by atoms with Gasteiger partial charge in [-0.1, -0.05) is 37.3 Å². The summed E-state index contributed by atoms with van der Waals surface area (Å²) in [5, 5.41) is 2.95. The minimum Gasteiger partial charge on any atom is -0.497 e. The number of thioether (sulfide) groups is 1. The van der Waals surface area contributed by atoms with Crippen LogP contribution in [0.25, 0.3) is 0 Å². The lowest BCUT2D eigenvalue weighted by atomic mass is 10.1. The zero-order valence-corrected chi connectivity index (χ0v) is 19.4. The molecule has 1 N–H and O–H groups in total. The molecule has 0 spiro atoms. The van der Waals surface area contributed by atoms with Crippen LogP contribution in [0.4, 0.5) is 4.39 Å². The summed E-state index contributed by atoms with van der Waals surface area (Å²) < 4.78 is 19.1. The number of carbonyl (C=O) groups excluding carboxylic acids is 2. The third-order valence-corrected chi connectivity index (χ3v) is 6.06. The van der Waals surface area contributed by atoms with Crippen molar-refractivity contribution in [3.63, 3.8) is 0 Å². The van der Waals surface area contributed by atoms with E-state index in [0.29, 0.717) is 17.1 Å². The van der Waals surface area contributed by atoms with Crippen LogP contribution in [0.1, 0.15) is 38.3 Å². The van der Waals surface area contributed by atoms with Gasteiger partial charge in [-0.25, -0.2) is 4.39 Å². The molecule has 0 heterocycles. The average molecular weight is 447 g/mol. The van der Waals surface area contributed by atoms with Gasteiger partial charge < -0.3 is 15.0 Å². The lowest BCUT2D eigenvalue weighted by Crippen LogP contribution is -2.50. The summed E-state index contributed by atoms with van der Waals surface area (Å²) in [5.41, 5.74) is 1.43. The number of methoxy groups -OCH3 is 1. The van der Waals surface area contributed by atoms with Gasteiger partial charge in [0.25, 0.3) is 0 Å². The molecular formula is C24H31FN2O3S. The number of carbonyl (C=O) groups is 2. The molecule has 2 unspecified atom stereocenters. The molecule has 2 aromatic rings. The lowest BCUT2D eigenvalue weighted by molar-refractivity contribution is -0.138. The van der Waals surface area contributed by atoms with Gasteiger partial charge >= 0.3 is 0 Å². The topological polar surface area (TPSA) is 58.6 Å². The first-order valence-electron chi connectivity index (χ1n) is 10.4. The fourth-order valence-corrected chi connectivity index (χ4v) is 3.86. The first kappa shape index (κ1) is 24.7. The van der Waals surface area contributed by atoms with E-state index < -0.39 is 6.04 Å². The molecule has 0 radical (unpaired) electrons. The molecule has 168 valence electrons. The van der Waals surface area contributed by atoms with E-state index in [1.807, 2.05) is 38.1 Å². The van der Waals surface area contributed by atoms with E-state index in [1.54, 1.807) is 37.1 Å². The van der Waals surface area contributed by atoms with Gasteiger partial charge in [-0.3, -0.25) is 9.59 Å². The molecular weight excluding hydrogens is 415 g/mol. The minimum atomic E-state index is -0.637. The first-order chi connectivity index (χ1) is 14.8. The Kier molecular flexibility index (Phi) is 9.85. The molecule has 2 rings (SSSR count). The van der Waals surface area contributed by atoms with Crippen LogP contribution in [0.2, 0.25) is 0 Å². The van der Waals surface area contributed by atoms with E-state index in [1.165, 1.54) is 17.8 Å². The van der Waals surface area contributed by atoms with E-state index in [0.717, 1.165) is 12.0 Å². The van der Waals surface area contributed by atoms with Crippen LogP contribution < -0.4 is 10.1 Å². The number of nitrogens with zero attached hydrogens (tertiary/aromatic N) is 1. The van der Waals surface area contributed by atoms with E-state index in [9.17, 15) is 14.0 Å². The van der Waals surface area contributed by atoms with Crippen LogP contribution in [0.15, 0.2) is 48.5 Å². The zero-order chi connectivity index (χ0) is 22.8. The van der Waals surface area contributed by atoms with Crippen LogP contribution in [-0.2, 0) is 21.9 Å². The Morgan fingerprint density at radius 1 is 1.16 bits per heavy atom. The van der Waals surface area contributed by atoms with Gasteiger partial charge in [0.1, 0.15) is 17.6 Å². The second-order valence-corrected chi connectivity index (χ2v) is 8.44. The number of rotatable bonds is 11. The number of amides is 2. The maximum Gasteiger partial charge on any atom is 0.242 e. The summed E-state index contributed by atoms with van der Waals surface area (Å²) >= 11 is 1.34. The summed E-state index contributed by atoms with van der Waals surface area (Å²) in [6.07, 6.45) is 0.806. The largest absolute Gasteiger partial charge is 0.497 e. The minimum absolute atomic E-state index is 0.0270. The van der Waals surface area contributed by atoms with Crippen LogP contribution in [0.3, 0.4) is 0 Å². The molecule has 0 bridgehead atoms. The van der Waals surface area contributed by atoms with E-state index in [-0.39, 0.29) is 36.0 Å². The highest BCUT2D eigenvalue weighted by Crippen LogP contribution is 2.19. The summed E-state index contributed by atoms with van der Waals surface area (Å²) in [5.74, 6) is 0.589. The molecule has 0 saturated heterocycles. The Morgan fingerprint density at radius 3 is 2.58 bits per heavy atom. The fraction of sp³-hybridized carbons (Fsp3) is 0.417. The smallest absolute Gasteiger partial charge is 0.242 e. The predicted octanol–water partition coefficient (Wildman–Crippen LogP) is 4.40. The molecule has 0 fully saturated rings.